The SMILES string of the molecule is Fc1ccc(C(c2ccc(F)nc2)C2CCNCC2)cc1. The summed E-state index contributed by atoms with van der Waals surface area (Å²) in [5.41, 5.74) is 2.06. The van der Waals surface area contributed by atoms with Crippen molar-refractivity contribution in [2.45, 2.75) is 18.8 Å². The molecule has 1 saturated heterocycles. The highest BCUT2D eigenvalue weighted by atomic mass is 19.1. The molecule has 0 saturated carbocycles. The summed E-state index contributed by atoms with van der Waals surface area (Å²) in [5, 5.41) is 3.36. The molecule has 1 fully saturated rings. The zero-order chi connectivity index (χ0) is 14.7. The van der Waals surface area contributed by atoms with Crippen LogP contribution in [-0.2, 0) is 0 Å². The highest BCUT2D eigenvalue weighted by molar-refractivity contribution is 5.32. The maximum absolute atomic E-state index is 13.2. The molecular weight excluding hydrogens is 270 g/mol. The van der Waals surface area contributed by atoms with Crippen LogP contribution in [0, 0.1) is 17.7 Å². The molecule has 21 heavy (non-hydrogen) atoms. The molecule has 1 N–H and O–H groups in total. The number of halogens is 2. The summed E-state index contributed by atoms with van der Waals surface area (Å²) >= 11 is 0. The second kappa shape index (κ2) is 6.31. The molecule has 1 unspecified atom stereocenters. The minimum atomic E-state index is -0.470. The van der Waals surface area contributed by atoms with E-state index < -0.39 is 5.95 Å². The van der Waals surface area contributed by atoms with Gasteiger partial charge in [-0.1, -0.05) is 18.2 Å². The van der Waals surface area contributed by atoms with Gasteiger partial charge in [-0.3, -0.25) is 0 Å². The van der Waals surface area contributed by atoms with Crippen molar-refractivity contribution in [3.63, 3.8) is 0 Å². The zero-order valence-corrected chi connectivity index (χ0v) is 11.7. The van der Waals surface area contributed by atoms with E-state index in [1.54, 1.807) is 12.3 Å². The van der Waals surface area contributed by atoms with Crippen LogP contribution in [0.5, 0.6) is 0 Å². The van der Waals surface area contributed by atoms with Crippen molar-refractivity contribution < 1.29 is 8.78 Å². The third-order valence-electron chi connectivity index (χ3n) is 4.19. The Balaban J connectivity index is 1.97. The molecule has 3 rings (SSSR count). The van der Waals surface area contributed by atoms with Gasteiger partial charge in [-0.15, -0.1) is 0 Å². The summed E-state index contributed by atoms with van der Waals surface area (Å²) in [6.45, 7) is 1.97. The van der Waals surface area contributed by atoms with Gasteiger partial charge in [0.15, 0.2) is 0 Å². The van der Waals surface area contributed by atoms with E-state index in [1.165, 1.54) is 18.2 Å². The minimum Gasteiger partial charge on any atom is -0.317 e. The first-order chi connectivity index (χ1) is 10.2. The van der Waals surface area contributed by atoms with Crippen molar-refractivity contribution in [1.82, 2.24) is 10.3 Å². The number of nitrogens with one attached hydrogen (secondary N) is 1. The predicted octanol–water partition coefficient (Wildman–Crippen LogP) is 3.49. The maximum Gasteiger partial charge on any atom is 0.212 e. The lowest BCUT2D eigenvalue weighted by Gasteiger charge is -2.31. The fraction of sp³-hybridized carbons (Fsp3) is 0.353. The lowest BCUT2D eigenvalue weighted by molar-refractivity contribution is 0.341. The molecule has 0 radical (unpaired) electrons. The van der Waals surface area contributed by atoms with E-state index in [9.17, 15) is 8.78 Å². The smallest absolute Gasteiger partial charge is 0.212 e. The van der Waals surface area contributed by atoms with Gasteiger partial charge >= 0.3 is 0 Å². The van der Waals surface area contributed by atoms with Crippen LogP contribution in [-0.4, -0.2) is 18.1 Å². The van der Waals surface area contributed by atoms with Crippen LogP contribution >= 0.6 is 0 Å². The van der Waals surface area contributed by atoms with Crippen LogP contribution in [0.1, 0.15) is 29.9 Å². The Hall–Kier alpha value is -1.81. The van der Waals surface area contributed by atoms with Crippen molar-refractivity contribution in [1.29, 1.82) is 0 Å². The van der Waals surface area contributed by atoms with Crippen LogP contribution < -0.4 is 5.32 Å². The highest BCUT2D eigenvalue weighted by Crippen LogP contribution is 2.36. The first kappa shape index (κ1) is 14.1. The molecule has 1 aromatic heterocycles. The topological polar surface area (TPSA) is 24.9 Å². The molecule has 0 spiro atoms. The number of rotatable bonds is 3. The van der Waals surface area contributed by atoms with Gasteiger partial charge in [-0.2, -0.15) is 4.39 Å². The standard InChI is InChI=1S/C17H18F2N2/c18-15-4-1-12(2-5-15)17(13-7-9-20-10-8-13)14-3-6-16(19)21-11-14/h1-6,11,13,17,20H,7-10H2. The summed E-state index contributed by atoms with van der Waals surface area (Å²) in [7, 11) is 0. The second-order valence-corrected chi connectivity index (χ2v) is 5.53. The fourth-order valence-electron chi connectivity index (χ4n) is 3.16. The third kappa shape index (κ3) is 3.27. The molecule has 110 valence electrons. The average Bonchev–Trinajstić information content (AvgIpc) is 2.52. The first-order valence-electron chi connectivity index (χ1n) is 7.31. The Labute approximate surface area is 123 Å². The minimum absolute atomic E-state index is 0.140. The summed E-state index contributed by atoms with van der Waals surface area (Å²) in [5.74, 6) is -0.105. The monoisotopic (exact) mass is 288 g/mol. The highest BCUT2D eigenvalue weighted by Gasteiger charge is 2.26. The van der Waals surface area contributed by atoms with E-state index in [1.807, 2.05) is 12.1 Å². The van der Waals surface area contributed by atoms with Gasteiger partial charge in [0.2, 0.25) is 5.95 Å². The number of nitrogens with zero attached hydrogens (tertiary/aromatic N) is 1. The summed E-state index contributed by atoms with van der Waals surface area (Å²) < 4.78 is 26.3. The number of pyridine rings is 1. The molecule has 2 nitrogen and oxygen atoms in total. The Bertz CT molecular complexity index is 529. The van der Waals surface area contributed by atoms with E-state index in [2.05, 4.69) is 10.3 Å². The van der Waals surface area contributed by atoms with E-state index in [-0.39, 0.29) is 11.7 Å². The van der Waals surface area contributed by atoms with Gasteiger partial charge in [0.1, 0.15) is 5.82 Å². The molecular formula is C17H18F2N2. The van der Waals surface area contributed by atoms with Gasteiger partial charge in [-0.05, 0) is 61.2 Å². The number of aromatic nitrogens is 1. The average molecular weight is 288 g/mol. The van der Waals surface area contributed by atoms with Gasteiger partial charge < -0.3 is 5.32 Å². The Morgan fingerprint density at radius 2 is 1.62 bits per heavy atom. The van der Waals surface area contributed by atoms with Crippen LogP contribution in [0.2, 0.25) is 0 Å². The Kier molecular flexibility index (Phi) is 4.25. The van der Waals surface area contributed by atoms with Crippen molar-refractivity contribution >= 4 is 0 Å². The summed E-state index contributed by atoms with van der Waals surface area (Å²) in [6, 6.07) is 9.81. The lowest BCUT2D eigenvalue weighted by Crippen LogP contribution is -2.31. The van der Waals surface area contributed by atoms with E-state index in [4.69, 9.17) is 0 Å². The Morgan fingerprint density at radius 1 is 0.952 bits per heavy atom. The van der Waals surface area contributed by atoms with Crippen molar-refractivity contribution in [2.75, 3.05) is 13.1 Å². The molecule has 1 aliphatic rings. The predicted molar refractivity (Wildman–Crippen MR) is 78.0 cm³/mol. The summed E-state index contributed by atoms with van der Waals surface area (Å²) in [6.07, 6.45) is 3.71. The second-order valence-electron chi connectivity index (χ2n) is 5.53. The summed E-state index contributed by atoms with van der Waals surface area (Å²) in [4.78, 5) is 3.78. The zero-order valence-electron chi connectivity index (χ0n) is 11.7. The van der Waals surface area contributed by atoms with Gasteiger partial charge in [0.05, 0.1) is 0 Å². The van der Waals surface area contributed by atoms with E-state index in [0.717, 1.165) is 37.1 Å². The molecule has 0 amide bonds. The number of hydrogen-bond donors (Lipinski definition) is 1. The molecule has 2 heterocycles. The van der Waals surface area contributed by atoms with Crippen LogP contribution in [0.25, 0.3) is 0 Å². The first-order valence-corrected chi connectivity index (χ1v) is 7.31. The largest absolute Gasteiger partial charge is 0.317 e. The van der Waals surface area contributed by atoms with Gasteiger partial charge in [0, 0.05) is 12.1 Å². The van der Waals surface area contributed by atoms with Crippen molar-refractivity contribution in [3.8, 4) is 0 Å². The van der Waals surface area contributed by atoms with E-state index >= 15 is 0 Å². The van der Waals surface area contributed by atoms with Gasteiger partial charge in [0.25, 0.3) is 0 Å². The third-order valence-corrected chi connectivity index (χ3v) is 4.19. The molecule has 1 aromatic carbocycles. The van der Waals surface area contributed by atoms with E-state index in [0.29, 0.717) is 5.92 Å². The normalized spacial score (nSPS) is 17.6. The van der Waals surface area contributed by atoms with Crippen LogP contribution in [0.4, 0.5) is 8.78 Å². The molecule has 2 aromatic rings. The lowest BCUT2D eigenvalue weighted by atomic mass is 9.77. The molecule has 0 bridgehead atoms. The Morgan fingerprint density at radius 3 is 2.24 bits per heavy atom. The van der Waals surface area contributed by atoms with Crippen molar-refractivity contribution in [3.05, 3.63) is 65.5 Å². The number of piperidine rings is 1. The molecule has 1 atom stereocenters. The number of hydrogen-bond acceptors (Lipinski definition) is 2. The van der Waals surface area contributed by atoms with Crippen LogP contribution in [0.15, 0.2) is 42.6 Å². The van der Waals surface area contributed by atoms with Crippen LogP contribution in [0.3, 0.4) is 0 Å². The maximum atomic E-state index is 13.2. The fourth-order valence-corrected chi connectivity index (χ4v) is 3.16. The molecule has 0 aliphatic carbocycles. The quantitative estimate of drug-likeness (QED) is 0.875. The van der Waals surface area contributed by atoms with Crippen molar-refractivity contribution in [2.24, 2.45) is 5.92 Å². The van der Waals surface area contributed by atoms with Gasteiger partial charge in [-0.25, -0.2) is 9.37 Å². The number of benzene rings is 1. The molecule has 1 aliphatic heterocycles. The molecule has 4 heteroatoms.